The first-order valence-corrected chi connectivity index (χ1v) is 1.07. The van der Waals surface area contributed by atoms with E-state index in [1.165, 1.54) is 0 Å². The van der Waals surface area contributed by atoms with E-state index in [1.54, 1.807) is 0 Å². The predicted molar refractivity (Wildman–Crippen MR) is 15.8 cm³/mol. The Labute approximate surface area is 71.3 Å². The minimum absolute atomic E-state index is 0. The summed E-state index contributed by atoms with van der Waals surface area (Å²) >= 11 is 0. The van der Waals surface area contributed by atoms with Crippen LogP contribution in [0.4, 0.5) is 0 Å². The van der Waals surface area contributed by atoms with E-state index in [2.05, 4.69) is 0 Å². The second-order valence-electron chi connectivity index (χ2n) is 0.575. The first-order chi connectivity index (χ1) is 2.64. The zero-order valence-corrected chi connectivity index (χ0v) is 6.06. The molecular weight excluding hydrogens is 171 g/mol. The molecule has 0 unspecified atom stereocenters. The molecule has 0 saturated heterocycles. The summed E-state index contributed by atoms with van der Waals surface area (Å²) in [6.07, 6.45) is 0. The molecule has 0 N–H and O–H groups in total. The molecule has 0 bridgehead atoms. The molecule has 0 amide bonds. The summed E-state index contributed by atoms with van der Waals surface area (Å²) in [5.41, 5.74) is 0. The van der Waals surface area contributed by atoms with Crippen molar-refractivity contribution in [3.05, 3.63) is 0 Å². The van der Waals surface area contributed by atoms with Crippen LogP contribution in [0, 0.1) is 0 Å². The number of carboxylic acids is 2. The van der Waals surface area contributed by atoms with E-state index in [0.717, 1.165) is 0 Å². The minimum atomic E-state index is -2.19. The van der Waals surface area contributed by atoms with Gasteiger partial charge >= 0.3 is 23.1 Å². The molecule has 0 radical (unpaired) electrons. The molecule has 44 valence electrons. The van der Waals surface area contributed by atoms with E-state index in [1.807, 2.05) is 0 Å². The molecule has 0 heterocycles. The van der Waals surface area contributed by atoms with Crippen molar-refractivity contribution in [2.45, 2.75) is 0 Å². The van der Waals surface area contributed by atoms with Crippen molar-refractivity contribution >= 4 is 35.0 Å². The third-order valence-electron chi connectivity index (χ3n) is 0.167. The van der Waals surface area contributed by atoms with Gasteiger partial charge < -0.3 is 19.8 Å². The number of rotatable bonds is 0. The summed E-state index contributed by atoms with van der Waals surface area (Å²) in [5.74, 6) is -4.37. The molecule has 0 aliphatic heterocycles. The molecule has 4 nitrogen and oxygen atoms in total. The molecule has 8 heavy (non-hydrogen) atoms. The van der Waals surface area contributed by atoms with Gasteiger partial charge in [-0.1, -0.05) is 0 Å². The molecule has 0 aromatic carbocycles. The van der Waals surface area contributed by atoms with Crippen LogP contribution in [-0.4, -0.2) is 35.0 Å². The number of carbonyl (C=O) groups excluding carboxylic acids is 2. The molecule has 0 aliphatic carbocycles. The smallest absolute Gasteiger partial charge is 0.543 e. The molecular formula is C2MgNiO4. The van der Waals surface area contributed by atoms with E-state index >= 15 is 0 Å². The average Bonchev–Trinajstić information content (AvgIpc) is 1.36. The van der Waals surface area contributed by atoms with Crippen molar-refractivity contribution in [3.8, 4) is 0 Å². The zero-order chi connectivity index (χ0) is 5.15. The molecule has 0 fully saturated rings. The Bertz CT molecular complexity index is 80.0. The number of hydrogen-bond donors (Lipinski definition) is 0. The summed E-state index contributed by atoms with van der Waals surface area (Å²) in [5, 5.41) is 17.9. The molecule has 0 aromatic heterocycles. The Morgan fingerprint density at radius 1 is 1.00 bits per heavy atom. The minimum Gasteiger partial charge on any atom is -0.543 e. The summed E-state index contributed by atoms with van der Waals surface area (Å²) < 4.78 is 0. The topological polar surface area (TPSA) is 80.3 Å². The zero-order valence-electron chi connectivity index (χ0n) is 3.66. The van der Waals surface area contributed by atoms with Crippen LogP contribution in [0.1, 0.15) is 0 Å². The van der Waals surface area contributed by atoms with Crippen molar-refractivity contribution < 1.29 is 36.3 Å². The summed E-state index contributed by atoms with van der Waals surface area (Å²) in [6.45, 7) is 0. The fourth-order valence-electron chi connectivity index (χ4n) is 0. The Morgan fingerprint density at radius 3 is 1.12 bits per heavy atom. The second kappa shape index (κ2) is 7.20. The molecule has 0 atom stereocenters. The van der Waals surface area contributed by atoms with Gasteiger partial charge in [-0.3, -0.25) is 0 Å². The fourth-order valence-corrected chi connectivity index (χ4v) is 0. The molecule has 0 saturated carbocycles. The van der Waals surface area contributed by atoms with Gasteiger partial charge in [-0.05, 0) is 0 Å². The fraction of sp³-hybridized carbons (Fsp3) is 0. The van der Waals surface area contributed by atoms with Gasteiger partial charge in [0.15, 0.2) is 0 Å². The Hall–Kier alpha value is 0.200. The van der Waals surface area contributed by atoms with Gasteiger partial charge in [0, 0.05) is 16.5 Å². The monoisotopic (exact) mass is 170 g/mol. The van der Waals surface area contributed by atoms with Crippen molar-refractivity contribution in [1.82, 2.24) is 0 Å². The summed E-state index contributed by atoms with van der Waals surface area (Å²) in [7, 11) is 0. The van der Waals surface area contributed by atoms with Gasteiger partial charge in [0.05, 0.1) is 11.9 Å². The Morgan fingerprint density at radius 2 is 1.12 bits per heavy atom. The molecule has 0 rings (SSSR count). The number of carboxylic acid groups (broad SMARTS) is 2. The number of aliphatic carboxylic acids is 2. The van der Waals surface area contributed by atoms with Crippen LogP contribution in [0.15, 0.2) is 0 Å². The van der Waals surface area contributed by atoms with E-state index < -0.39 is 11.9 Å². The van der Waals surface area contributed by atoms with Crippen LogP contribution >= 0.6 is 0 Å². The van der Waals surface area contributed by atoms with Crippen molar-refractivity contribution in [2.24, 2.45) is 0 Å². The van der Waals surface area contributed by atoms with Crippen LogP contribution in [0.25, 0.3) is 0 Å². The predicted octanol–water partition coefficient (Wildman–Crippen LogP) is -3.90. The maximum Gasteiger partial charge on any atom is 2.00 e. The SMILES string of the molecule is O=C([O-])C(=O)[O-].[Mg+2].[Ni]. The normalized spacial score (nSPS) is 5.50. The van der Waals surface area contributed by atoms with Crippen LogP contribution in [-0.2, 0) is 26.1 Å². The van der Waals surface area contributed by atoms with Gasteiger partial charge in [-0.25, -0.2) is 0 Å². The van der Waals surface area contributed by atoms with E-state index in [-0.39, 0.29) is 39.5 Å². The quantitative estimate of drug-likeness (QED) is 0.275. The summed E-state index contributed by atoms with van der Waals surface area (Å²) in [6, 6.07) is 0. The van der Waals surface area contributed by atoms with Crippen molar-refractivity contribution in [3.63, 3.8) is 0 Å². The van der Waals surface area contributed by atoms with E-state index in [4.69, 9.17) is 19.8 Å². The van der Waals surface area contributed by atoms with Gasteiger partial charge in [0.1, 0.15) is 0 Å². The van der Waals surface area contributed by atoms with E-state index in [9.17, 15) is 0 Å². The van der Waals surface area contributed by atoms with Crippen molar-refractivity contribution in [1.29, 1.82) is 0 Å². The average molecular weight is 171 g/mol. The Balaban J connectivity index is -0.000000125. The van der Waals surface area contributed by atoms with Crippen LogP contribution in [0.3, 0.4) is 0 Å². The maximum absolute atomic E-state index is 8.93. The van der Waals surface area contributed by atoms with Gasteiger partial charge in [-0.2, -0.15) is 0 Å². The molecule has 0 spiro atoms. The van der Waals surface area contributed by atoms with Gasteiger partial charge in [0.25, 0.3) is 0 Å². The van der Waals surface area contributed by atoms with Gasteiger partial charge in [-0.15, -0.1) is 0 Å². The molecule has 0 aromatic rings. The summed E-state index contributed by atoms with van der Waals surface area (Å²) in [4.78, 5) is 17.9. The standard InChI is InChI=1S/C2H2O4.Mg.Ni/c3-1(4)2(5)6;;/h(H,3,4)(H,5,6);;/q;+2;/p-2. The number of hydrogen-bond acceptors (Lipinski definition) is 4. The second-order valence-corrected chi connectivity index (χ2v) is 0.575. The largest absolute Gasteiger partial charge is 2.00 e. The molecule has 0 aliphatic rings. The first kappa shape index (κ1) is 15.7. The Kier molecular flexibility index (Phi) is 14.1. The van der Waals surface area contributed by atoms with Gasteiger partial charge in [0.2, 0.25) is 0 Å². The van der Waals surface area contributed by atoms with Crippen LogP contribution < -0.4 is 10.2 Å². The third-order valence-corrected chi connectivity index (χ3v) is 0.167. The van der Waals surface area contributed by atoms with Crippen LogP contribution in [0.2, 0.25) is 0 Å². The number of carbonyl (C=O) groups is 2. The first-order valence-electron chi connectivity index (χ1n) is 1.07. The van der Waals surface area contributed by atoms with Crippen LogP contribution in [0.5, 0.6) is 0 Å². The third kappa shape index (κ3) is 9.50. The molecule has 6 heteroatoms. The van der Waals surface area contributed by atoms with Crippen molar-refractivity contribution in [2.75, 3.05) is 0 Å². The maximum atomic E-state index is 8.93. The van der Waals surface area contributed by atoms with E-state index in [0.29, 0.717) is 0 Å².